The first-order chi connectivity index (χ1) is 35.4. The molecule has 2 amide bonds. The van der Waals surface area contributed by atoms with E-state index in [1.54, 1.807) is 109 Å². The number of carboxylic acid groups (broad SMARTS) is 2. The molecule has 8 atom stereocenters. The molecule has 2 heterocycles. The van der Waals surface area contributed by atoms with Gasteiger partial charge in [0.05, 0.1) is 35.3 Å². The Balaban J connectivity index is 0.000000390. The van der Waals surface area contributed by atoms with Crippen molar-refractivity contribution in [2.24, 2.45) is 11.5 Å². The Morgan fingerprint density at radius 1 is 0.539 bits per heavy atom. The molecule has 400 valence electrons. The van der Waals surface area contributed by atoms with E-state index >= 15 is 0 Å². The fourth-order valence-corrected chi connectivity index (χ4v) is 12.3. The van der Waals surface area contributed by atoms with Crippen LogP contribution in [0.25, 0.3) is 0 Å². The summed E-state index contributed by atoms with van der Waals surface area (Å²) in [5.41, 5.74) is 11.3. The van der Waals surface area contributed by atoms with Crippen molar-refractivity contribution in [3.8, 4) is 0 Å². The number of nitrogens with two attached hydrogens (primary N) is 2. The second-order valence-corrected chi connectivity index (χ2v) is 22.7. The summed E-state index contributed by atoms with van der Waals surface area (Å²) in [6.45, 7) is 1.13. The van der Waals surface area contributed by atoms with Crippen molar-refractivity contribution in [2.45, 2.75) is 126 Å². The van der Waals surface area contributed by atoms with Crippen molar-refractivity contribution in [3.63, 3.8) is 0 Å². The van der Waals surface area contributed by atoms with Crippen LogP contribution in [0.2, 0.25) is 0 Å². The van der Waals surface area contributed by atoms with Crippen LogP contribution in [0.15, 0.2) is 121 Å². The molecule has 22 heteroatoms. The number of amides is 2. The summed E-state index contributed by atoms with van der Waals surface area (Å²) in [7, 11) is -9.09. The van der Waals surface area contributed by atoms with Gasteiger partial charge < -0.3 is 50.9 Å². The average molecular weight is 1070 g/mol. The molecule has 0 bridgehead atoms. The number of nitrogens with zero attached hydrogens (tertiary/aromatic N) is 2. The maximum Gasteiger partial charge on any atom is 1.00 e. The Kier molecular flexibility index (Phi) is 28.6. The SMILES string of the molecule is NCCCCC(OP(=O)(O)[C@H](CC(=O)c1ccccc1)Cc1ccccc1)C(=O)N1CCC[C@H]1C(=O)[O-].NCCCCC(OP(=O)(O)[C@H](CC(=O)c1ccccc1)Cc1ccccc1)C(=O)N1CCC[C@H]1C(=O)[O-].[Li+].[Li+]. The molecule has 2 aliphatic heterocycles. The number of aliphatic carboxylic acids is 2. The van der Waals surface area contributed by atoms with Crippen LogP contribution in [-0.2, 0) is 50.2 Å². The molecule has 4 aromatic carbocycles. The molecule has 18 nitrogen and oxygen atoms in total. The summed E-state index contributed by atoms with van der Waals surface area (Å²) in [5, 5.41) is 23.1. The molecule has 4 unspecified atom stereocenters. The minimum atomic E-state index is -4.55. The zero-order chi connectivity index (χ0) is 53.7. The van der Waals surface area contributed by atoms with Crippen LogP contribution >= 0.6 is 15.2 Å². The molecule has 6 N–H and O–H groups in total. The van der Waals surface area contributed by atoms with E-state index in [0.717, 1.165) is 20.9 Å². The number of rotatable bonds is 28. The van der Waals surface area contributed by atoms with E-state index in [1.807, 2.05) is 12.1 Å². The number of hydrogen-bond acceptors (Lipinski definition) is 14. The third-order valence-electron chi connectivity index (χ3n) is 13.1. The van der Waals surface area contributed by atoms with E-state index in [9.17, 15) is 57.9 Å². The van der Waals surface area contributed by atoms with Gasteiger partial charge in [0.2, 0.25) is 0 Å². The van der Waals surface area contributed by atoms with E-state index in [1.165, 1.54) is 0 Å². The van der Waals surface area contributed by atoms with Crippen molar-refractivity contribution in [2.75, 3.05) is 26.2 Å². The first-order valence-corrected chi connectivity index (χ1v) is 28.4. The molecule has 2 saturated heterocycles. The number of unbranched alkanes of at least 4 members (excludes halogenated alkanes) is 2. The minimum absolute atomic E-state index is 0. The number of hydrogen-bond donors (Lipinski definition) is 4. The first kappa shape index (κ1) is 65.8. The normalized spacial score (nSPS) is 18.2. The van der Waals surface area contributed by atoms with E-state index in [4.69, 9.17) is 20.5 Å². The first-order valence-electron chi connectivity index (χ1n) is 25.1. The van der Waals surface area contributed by atoms with Gasteiger partial charge in [-0.15, -0.1) is 0 Å². The van der Waals surface area contributed by atoms with Gasteiger partial charge in [0.1, 0.15) is 12.2 Å². The summed E-state index contributed by atoms with van der Waals surface area (Å²) < 4.78 is 38.8. The maximum atomic E-state index is 13.7. The summed E-state index contributed by atoms with van der Waals surface area (Å²) in [4.78, 5) is 100. The summed E-state index contributed by atoms with van der Waals surface area (Å²) in [5.74, 6) is -4.69. The maximum absolute atomic E-state index is 13.7. The molecule has 4 aromatic rings. The van der Waals surface area contributed by atoms with Crippen LogP contribution in [-0.4, -0.2) is 117 Å². The molecule has 2 aliphatic rings. The minimum Gasteiger partial charge on any atom is -0.548 e. The zero-order valence-electron chi connectivity index (χ0n) is 43.5. The fourth-order valence-electron chi connectivity index (χ4n) is 9.14. The van der Waals surface area contributed by atoms with E-state index < -0.39 is 74.6 Å². The number of Topliss-reactive ketones (excluding diaryl/α,β-unsaturated/α-hetero) is 2. The Morgan fingerprint density at radius 2 is 0.855 bits per heavy atom. The van der Waals surface area contributed by atoms with Crippen molar-refractivity contribution >= 4 is 50.5 Å². The molecule has 0 aromatic heterocycles. The van der Waals surface area contributed by atoms with E-state index in [2.05, 4.69) is 0 Å². The van der Waals surface area contributed by atoms with Crippen LogP contribution < -0.4 is 59.4 Å². The molecule has 0 radical (unpaired) electrons. The Morgan fingerprint density at radius 3 is 1.16 bits per heavy atom. The van der Waals surface area contributed by atoms with Crippen molar-refractivity contribution < 1.29 is 105 Å². The smallest absolute Gasteiger partial charge is 0.548 e. The zero-order valence-corrected chi connectivity index (χ0v) is 45.3. The van der Waals surface area contributed by atoms with Crippen LogP contribution in [0.4, 0.5) is 0 Å². The molecule has 0 aliphatic carbocycles. The van der Waals surface area contributed by atoms with Gasteiger partial charge in [-0.3, -0.25) is 37.4 Å². The summed E-state index contributed by atoms with van der Waals surface area (Å²) in [6.07, 6.45) is 0.658. The molecule has 6 rings (SSSR count). The van der Waals surface area contributed by atoms with Crippen LogP contribution in [0, 0.1) is 0 Å². The van der Waals surface area contributed by atoms with Gasteiger partial charge in [0, 0.05) is 37.1 Å². The van der Waals surface area contributed by atoms with Crippen molar-refractivity contribution in [1.82, 2.24) is 9.80 Å². The molecule has 0 saturated carbocycles. The summed E-state index contributed by atoms with van der Waals surface area (Å²) in [6, 6.07) is 32.7. The van der Waals surface area contributed by atoms with Crippen LogP contribution in [0.5, 0.6) is 0 Å². The third-order valence-corrected chi connectivity index (χ3v) is 16.8. The quantitative estimate of drug-likeness (QED) is 0.0221. The number of carboxylic acids is 2. The standard InChI is InChI=1S/2C27H35N2O7P.2Li/c2*28-16-8-7-15-25(26(31)29-17-9-14-23(29)27(32)33)36-37(34,35)22(18-20-10-3-1-4-11-20)19-24(30)21-12-5-2-6-13-21;;/h2*1-6,10-13,22-23,25H,7-9,14-19,28H2,(H,32,33)(H,34,35);;/q;;2*+1/p-2/t2*22-,23-,25?;;/m00../s1. The number of carbonyl (C=O) groups is 6. The topological polar surface area (TPSA) is 300 Å². The van der Waals surface area contributed by atoms with Gasteiger partial charge in [-0.1, -0.05) is 121 Å². The van der Waals surface area contributed by atoms with Gasteiger partial charge in [-0.2, -0.15) is 0 Å². The molecular formula is C54H68Li2N4O14P2. The summed E-state index contributed by atoms with van der Waals surface area (Å²) >= 11 is 0. The molecule has 2 fully saturated rings. The van der Waals surface area contributed by atoms with Crippen molar-refractivity contribution in [1.29, 1.82) is 0 Å². The Hall–Kier alpha value is -4.49. The third kappa shape index (κ3) is 20.1. The van der Waals surface area contributed by atoms with Gasteiger partial charge >= 0.3 is 52.9 Å². The molecule has 76 heavy (non-hydrogen) atoms. The predicted octanol–water partition coefficient (Wildman–Crippen LogP) is -1.37. The van der Waals surface area contributed by atoms with E-state index in [-0.39, 0.29) is 114 Å². The average Bonchev–Trinajstić information content (AvgIpc) is 4.11. The predicted molar refractivity (Wildman–Crippen MR) is 273 cm³/mol. The largest absolute Gasteiger partial charge is 1.00 e. The molecular weight excluding hydrogens is 1000 g/mol. The number of carbonyl (C=O) groups excluding carboxylic acids is 6. The van der Waals surface area contributed by atoms with E-state index in [0.29, 0.717) is 62.7 Å². The molecule has 0 spiro atoms. The number of ketones is 2. The van der Waals surface area contributed by atoms with Gasteiger partial charge in [-0.25, -0.2) is 0 Å². The second kappa shape index (κ2) is 33.1. The Bertz CT molecular complexity index is 2380. The Labute approximate surface area is 469 Å². The van der Waals surface area contributed by atoms with Crippen LogP contribution in [0.3, 0.4) is 0 Å². The second-order valence-electron chi connectivity index (χ2n) is 18.6. The van der Waals surface area contributed by atoms with Crippen molar-refractivity contribution in [3.05, 3.63) is 144 Å². The van der Waals surface area contributed by atoms with Crippen LogP contribution in [0.1, 0.15) is 109 Å². The number of benzene rings is 4. The monoisotopic (exact) mass is 1070 g/mol. The van der Waals surface area contributed by atoms with Gasteiger partial charge in [0.25, 0.3) is 11.8 Å². The van der Waals surface area contributed by atoms with Gasteiger partial charge in [-0.05, 0) is 101 Å². The number of likely N-dealkylation sites (tertiary alicyclic amines) is 2. The fraction of sp³-hybridized carbons (Fsp3) is 0.444. The van der Waals surface area contributed by atoms with Gasteiger partial charge in [0.15, 0.2) is 11.6 Å².